The van der Waals surface area contributed by atoms with E-state index < -0.39 is 15.9 Å². The minimum atomic E-state index is -3.82. The number of nitrogens with two attached hydrogens (primary N) is 1. The third-order valence-corrected chi connectivity index (χ3v) is 7.66. The summed E-state index contributed by atoms with van der Waals surface area (Å²) in [7, 11) is -3.82. The van der Waals surface area contributed by atoms with E-state index in [0.717, 1.165) is 40.5 Å². The lowest BCUT2D eigenvalue weighted by Crippen LogP contribution is -2.19. The minimum absolute atomic E-state index is 0.163. The van der Waals surface area contributed by atoms with E-state index in [4.69, 9.17) is 5.73 Å². The highest BCUT2D eigenvalue weighted by Crippen LogP contribution is 2.40. The first-order chi connectivity index (χ1) is 12.8. The van der Waals surface area contributed by atoms with Crippen molar-refractivity contribution in [2.45, 2.75) is 31.1 Å². The van der Waals surface area contributed by atoms with Gasteiger partial charge in [0.05, 0.1) is 10.5 Å². The number of carbonyl (C=O) groups is 1. The molecule has 0 spiro atoms. The number of thiophene rings is 1. The van der Waals surface area contributed by atoms with Gasteiger partial charge in [0.1, 0.15) is 5.00 Å². The zero-order valence-electron chi connectivity index (χ0n) is 14.9. The summed E-state index contributed by atoms with van der Waals surface area (Å²) in [5.74, 6) is -0.0694. The zero-order valence-corrected chi connectivity index (χ0v) is 16.5. The molecule has 1 aliphatic carbocycles. The van der Waals surface area contributed by atoms with E-state index in [1.165, 1.54) is 11.3 Å². The van der Waals surface area contributed by atoms with Gasteiger partial charge in [-0.2, -0.15) is 0 Å². The van der Waals surface area contributed by atoms with Crippen molar-refractivity contribution in [3.8, 4) is 0 Å². The number of amides is 1. The zero-order chi connectivity index (χ0) is 19.2. The number of rotatable bonds is 4. The average Bonchev–Trinajstić information content (AvgIpc) is 2.97. The van der Waals surface area contributed by atoms with E-state index in [-0.39, 0.29) is 4.90 Å². The van der Waals surface area contributed by atoms with Crippen LogP contribution in [0.1, 0.15) is 34.1 Å². The molecule has 1 aromatic heterocycles. The van der Waals surface area contributed by atoms with Crippen LogP contribution >= 0.6 is 11.3 Å². The highest BCUT2D eigenvalue weighted by molar-refractivity contribution is 7.93. The van der Waals surface area contributed by atoms with Gasteiger partial charge < -0.3 is 5.73 Å². The van der Waals surface area contributed by atoms with Crippen LogP contribution in [0.25, 0.3) is 10.8 Å². The van der Waals surface area contributed by atoms with Crippen molar-refractivity contribution in [2.75, 3.05) is 4.72 Å². The Hall–Kier alpha value is -2.38. The second-order valence-electron chi connectivity index (χ2n) is 7.03. The molecule has 0 bridgehead atoms. The molecule has 2 aromatic carbocycles. The number of benzene rings is 2. The van der Waals surface area contributed by atoms with Crippen LogP contribution < -0.4 is 10.5 Å². The maximum Gasteiger partial charge on any atom is 0.262 e. The molecular weight excluding hydrogens is 380 g/mol. The van der Waals surface area contributed by atoms with Gasteiger partial charge in [-0.25, -0.2) is 8.42 Å². The van der Waals surface area contributed by atoms with Crippen molar-refractivity contribution in [3.05, 3.63) is 58.5 Å². The van der Waals surface area contributed by atoms with Crippen LogP contribution in [0.15, 0.2) is 47.4 Å². The monoisotopic (exact) mass is 400 g/mol. The van der Waals surface area contributed by atoms with Gasteiger partial charge in [-0.05, 0) is 53.6 Å². The van der Waals surface area contributed by atoms with Crippen molar-refractivity contribution in [2.24, 2.45) is 11.7 Å². The fraction of sp³-hybridized carbons (Fsp3) is 0.250. The average molecular weight is 401 g/mol. The molecular formula is C20H20N2O3S2. The van der Waals surface area contributed by atoms with Crippen molar-refractivity contribution in [3.63, 3.8) is 0 Å². The molecule has 1 aliphatic rings. The quantitative estimate of drug-likeness (QED) is 0.695. The number of sulfonamides is 1. The van der Waals surface area contributed by atoms with E-state index in [2.05, 4.69) is 11.6 Å². The van der Waals surface area contributed by atoms with Gasteiger partial charge in [0.25, 0.3) is 15.9 Å². The summed E-state index contributed by atoms with van der Waals surface area (Å²) in [6.07, 6.45) is 2.57. The molecule has 0 radical (unpaired) electrons. The molecule has 4 rings (SSSR count). The van der Waals surface area contributed by atoms with Crippen LogP contribution in [-0.4, -0.2) is 14.3 Å². The summed E-state index contributed by atoms with van der Waals surface area (Å²) in [5, 5.41) is 2.14. The lowest BCUT2D eigenvalue weighted by atomic mass is 9.88. The third-order valence-electron chi connectivity index (χ3n) is 5.02. The van der Waals surface area contributed by atoms with Crippen LogP contribution in [0.4, 0.5) is 5.00 Å². The Balaban J connectivity index is 1.75. The molecule has 0 saturated carbocycles. The number of primary amides is 1. The molecule has 140 valence electrons. The Labute approximate surface area is 162 Å². The molecule has 5 nitrogen and oxygen atoms in total. The molecule has 0 saturated heterocycles. The Morgan fingerprint density at radius 2 is 1.93 bits per heavy atom. The molecule has 27 heavy (non-hydrogen) atoms. The predicted molar refractivity (Wildman–Crippen MR) is 109 cm³/mol. The minimum Gasteiger partial charge on any atom is -0.365 e. The second-order valence-corrected chi connectivity index (χ2v) is 9.82. The lowest BCUT2D eigenvalue weighted by molar-refractivity contribution is 0.100. The second kappa shape index (κ2) is 6.65. The highest BCUT2D eigenvalue weighted by Gasteiger charge is 2.28. The largest absolute Gasteiger partial charge is 0.365 e. The van der Waals surface area contributed by atoms with Crippen molar-refractivity contribution < 1.29 is 13.2 Å². The van der Waals surface area contributed by atoms with Gasteiger partial charge in [0, 0.05) is 4.88 Å². The maximum absolute atomic E-state index is 12.9. The molecule has 0 aliphatic heterocycles. The van der Waals surface area contributed by atoms with Gasteiger partial charge >= 0.3 is 0 Å². The summed E-state index contributed by atoms with van der Waals surface area (Å²) in [6.45, 7) is 2.16. The number of hydrogen-bond donors (Lipinski definition) is 2. The Morgan fingerprint density at radius 3 is 2.67 bits per heavy atom. The Kier molecular flexibility index (Phi) is 4.44. The number of carbonyl (C=O) groups excluding carboxylic acids is 1. The first-order valence-electron chi connectivity index (χ1n) is 8.81. The van der Waals surface area contributed by atoms with Gasteiger partial charge in [-0.15, -0.1) is 11.3 Å². The van der Waals surface area contributed by atoms with Crippen molar-refractivity contribution in [1.29, 1.82) is 0 Å². The van der Waals surface area contributed by atoms with E-state index in [1.807, 2.05) is 24.3 Å². The van der Waals surface area contributed by atoms with Gasteiger partial charge in [0.15, 0.2) is 0 Å². The maximum atomic E-state index is 12.9. The molecule has 1 atom stereocenters. The topological polar surface area (TPSA) is 89.3 Å². The molecule has 1 heterocycles. The number of nitrogens with one attached hydrogen (secondary N) is 1. The highest BCUT2D eigenvalue weighted by atomic mass is 32.2. The summed E-state index contributed by atoms with van der Waals surface area (Å²) < 4.78 is 28.5. The molecule has 0 fully saturated rings. The van der Waals surface area contributed by atoms with Crippen LogP contribution in [0.5, 0.6) is 0 Å². The first-order valence-corrected chi connectivity index (χ1v) is 11.1. The van der Waals surface area contributed by atoms with E-state index >= 15 is 0 Å². The van der Waals surface area contributed by atoms with Crippen LogP contribution in [0.2, 0.25) is 0 Å². The molecule has 1 unspecified atom stereocenters. The normalized spacial score (nSPS) is 16.9. The van der Waals surface area contributed by atoms with Crippen molar-refractivity contribution in [1.82, 2.24) is 0 Å². The fourth-order valence-electron chi connectivity index (χ4n) is 3.60. The van der Waals surface area contributed by atoms with Crippen LogP contribution in [0.3, 0.4) is 0 Å². The number of hydrogen-bond acceptors (Lipinski definition) is 4. The lowest BCUT2D eigenvalue weighted by Gasteiger charge is -2.18. The summed E-state index contributed by atoms with van der Waals surface area (Å²) in [4.78, 5) is 13.2. The van der Waals surface area contributed by atoms with E-state index in [9.17, 15) is 13.2 Å². The first kappa shape index (κ1) is 18.0. The Morgan fingerprint density at radius 1 is 1.19 bits per heavy atom. The SMILES string of the molecule is CC1CCc2c(sc(NS(=O)(=O)c3ccc4ccccc4c3)c2C(N)=O)C1. The van der Waals surface area contributed by atoms with Gasteiger partial charge in [0.2, 0.25) is 0 Å². The van der Waals surface area contributed by atoms with Crippen LogP contribution in [0, 0.1) is 5.92 Å². The smallest absolute Gasteiger partial charge is 0.262 e. The predicted octanol–water partition coefficient (Wildman–Crippen LogP) is 3.93. The Bertz CT molecular complexity index is 1150. The number of anilines is 1. The van der Waals surface area contributed by atoms with E-state index in [1.54, 1.807) is 18.2 Å². The molecule has 1 amide bonds. The summed E-state index contributed by atoms with van der Waals surface area (Å²) in [6, 6.07) is 12.6. The summed E-state index contributed by atoms with van der Waals surface area (Å²) in [5.41, 5.74) is 6.81. The van der Waals surface area contributed by atoms with Gasteiger partial charge in [-0.1, -0.05) is 37.3 Å². The standard InChI is InChI=1S/C20H20N2O3S2/c1-12-6-9-16-17(10-12)26-20(18(16)19(21)23)22-27(24,25)15-8-7-13-4-2-3-5-14(13)11-15/h2-5,7-8,11-12,22H,6,9-10H2,1H3,(H2,21,23). The van der Waals surface area contributed by atoms with Crippen LogP contribution in [-0.2, 0) is 22.9 Å². The third kappa shape index (κ3) is 3.33. The molecule has 7 heteroatoms. The fourth-order valence-corrected chi connectivity index (χ4v) is 6.36. The molecule has 3 aromatic rings. The van der Waals surface area contributed by atoms with E-state index in [0.29, 0.717) is 16.5 Å². The van der Waals surface area contributed by atoms with Gasteiger partial charge in [-0.3, -0.25) is 9.52 Å². The summed E-state index contributed by atoms with van der Waals surface area (Å²) >= 11 is 1.33. The molecule has 3 N–H and O–H groups in total. The van der Waals surface area contributed by atoms with Crippen molar-refractivity contribution >= 4 is 43.0 Å². The number of fused-ring (bicyclic) bond motifs is 2.